The summed E-state index contributed by atoms with van der Waals surface area (Å²) in [6.07, 6.45) is 4.44. The molecule has 0 bridgehead atoms. The Hall–Kier alpha value is -0.570. The molecule has 8 heteroatoms. The molecule has 0 saturated carbocycles. The standard InChI is InChI=1S/C12H19N3O3S2/c1-9-14-11(20(13,16)17)7-15(9)10-2-4-18-12(6-10)3-5-19-8-12/h7,10H,2-6,8H2,1H3,(H2,13,16,17). The van der Waals surface area contributed by atoms with Gasteiger partial charge in [0.25, 0.3) is 10.0 Å². The van der Waals surface area contributed by atoms with E-state index < -0.39 is 10.0 Å². The highest BCUT2D eigenvalue weighted by Gasteiger charge is 2.41. The summed E-state index contributed by atoms with van der Waals surface area (Å²) in [5.74, 6) is 2.86. The maximum Gasteiger partial charge on any atom is 0.257 e. The lowest BCUT2D eigenvalue weighted by molar-refractivity contribution is -0.0764. The van der Waals surface area contributed by atoms with Gasteiger partial charge in [0, 0.05) is 24.6 Å². The molecular weight excluding hydrogens is 298 g/mol. The molecule has 0 radical (unpaired) electrons. The minimum atomic E-state index is -3.74. The lowest BCUT2D eigenvalue weighted by Crippen LogP contribution is -2.40. The lowest BCUT2D eigenvalue weighted by Gasteiger charge is -2.38. The summed E-state index contributed by atoms with van der Waals surface area (Å²) < 4.78 is 30.8. The number of aryl methyl sites for hydroxylation is 1. The topological polar surface area (TPSA) is 87.2 Å². The second-order valence-corrected chi connectivity index (χ2v) is 8.17. The Balaban J connectivity index is 1.87. The summed E-state index contributed by atoms with van der Waals surface area (Å²) in [4.78, 5) is 4.08. The van der Waals surface area contributed by atoms with Crippen LogP contribution in [0.5, 0.6) is 0 Å². The van der Waals surface area contributed by atoms with Crippen LogP contribution in [0.1, 0.15) is 31.1 Å². The number of primary sulfonamides is 1. The van der Waals surface area contributed by atoms with Crippen molar-refractivity contribution in [2.45, 2.75) is 42.9 Å². The lowest BCUT2D eigenvalue weighted by atomic mass is 9.89. The largest absolute Gasteiger partial charge is 0.374 e. The van der Waals surface area contributed by atoms with Crippen LogP contribution in [-0.4, -0.2) is 41.7 Å². The first-order valence-electron chi connectivity index (χ1n) is 6.70. The summed E-state index contributed by atoms with van der Waals surface area (Å²) in [5, 5.41) is 5.11. The molecule has 2 aliphatic heterocycles. The van der Waals surface area contributed by atoms with Gasteiger partial charge in [-0.05, 0) is 31.9 Å². The fraction of sp³-hybridized carbons (Fsp3) is 0.750. The number of nitrogens with two attached hydrogens (primary N) is 1. The van der Waals surface area contributed by atoms with E-state index in [1.54, 1.807) is 6.20 Å². The van der Waals surface area contributed by atoms with E-state index in [0.29, 0.717) is 12.4 Å². The Morgan fingerprint density at radius 2 is 2.40 bits per heavy atom. The van der Waals surface area contributed by atoms with E-state index in [-0.39, 0.29) is 16.7 Å². The predicted molar refractivity (Wildman–Crippen MR) is 77.2 cm³/mol. The Kier molecular flexibility index (Phi) is 3.60. The second kappa shape index (κ2) is 5.01. The van der Waals surface area contributed by atoms with Crippen LogP contribution in [-0.2, 0) is 14.8 Å². The molecule has 0 aliphatic carbocycles. The zero-order valence-corrected chi connectivity index (χ0v) is 13.0. The van der Waals surface area contributed by atoms with E-state index in [0.717, 1.165) is 30.8 Å². The van der Waals surface area contributed by atoms with Crippen molar-refractivity contribution in [1.82, 2.24) is 9.55 Å². The number of sulfonamides is 1. The number of ether oxygens (including phenoxy) is 1. The number of nitrogens with zero attached hydrogens (tertiary/aromatic N) is 2. The van der Waals surface area contributed by atoms with Crippen LogP contribution in [0.3, 0.4) is 0 Å². The van der Waals surface area contributed by atoms with E-state index in [2.05, 4.69) is 4.98 Å². The monoisotopic (exact) mass is 317 g/mol. The highest BCUT2D eigenvalue weighted by atomic mass is 32.2. The molecule has 2 unspecified atom stereocenters. The molecule has 20 heavy (non-hydrogen) atoms. The van der Waals surface area contributed by atoms with Crippen LogP contribution in [0.25, 0.3) is 0 Å². The average molecular weight is 317 g/mol. The van der Waals surface area contributed by atoms with Crippen LogP contribution in [0, 0.1) is 6.92 Å². The minimum Gasteiger partial charge on any atom is -0.374 e. The SMILES string of the molecule is Cc1nc(S(N)(=O)=O)cn1C1CCOC2(CCSC2)C1. The number of thioether (sulfide) groups is 1. The molecule has 1 aromatic heterocycles. The molecule has 112 valence electrons. The van der Waals surface area contributed by atoms with Gasteiger partial charge in [-0.25, -0.2) is 18.5 Å². The third-order valence-electron chi connectivity index (χ3n) is 4.11. The van der Waals surface area contributed by atoms with Crippen molar-refractivity contribution in [3.05, 3.63) is 12.0 Å². The Bertz CT molecular complexity index is 605. The highest BCUT2D eigenvalue weighted by molar-refractivity contribution is 7.99. The fourth-order valence-corrected chi connectivity index (χ4v) is 4.97. The minimum absolute atomic E-state index is 0.0357. The molecule has 3 rings (SSSR count). The predicted octanol–water partition coefficient (Wildman–Crippen LogP) is 1.07. The van der Waals surface area contributed by atoms with E-state index >= 15 is 0 Å². The fourth-order valence-electron chi connectivity index (χ4n) is 3.07. The molecule has 3 heterocycles. The van der Waals surface area contributed by atoms with Gasteiger partial charge in [-0.3, -0.25) is 0 Å². The van der Waals surface area contributed by atoms with Crippen molar-refractivity contribution in [3.63, 3.8) is 0 Å². The molecule has 2 fully saturated rings. The first-order valence-corrected chi connectivity index (χ1v) is 9.40. The zero-order valence-electron chi connectivity index (χ0n) is 11.4. The Morgan fingerprint density at radius 3 is 3.00 bits per heavy atom. The van der Waals surface area contributed by atoms with Gasteiger partial charge in [0.2, 0.25) is 0 Å². The molecule has 1 aromatic rings. The van der Waals surface area contributed by atoms with Crippen molar-refractivity contribution in [1.29, 1.82) is 0 Å². The second-order valence-electron chi connectivity index (χ2n) is 5.56. The van der Waals surface area contributed by atoms with Gasteiger partial charge in [-0.15, -0.1) is 0 Å². The number of aromatic nitrogens is 2. The van der Waals surface area contributed by atoms with Gasteiger partial charge < -0.3 is 9.30 Å². The van der Waals surface area contributed by atoms with Crippen LogP contribution < -0.4 is 5.14 Å². The molecule has 6 nitrogen and oxygen atoms in total. The van der Waals surface area contributed by atoms with Crippen molar-refractivity contribution < 1.29 is 13.2 Å². The first-order chi connectivity index (χ1) is 9.40. The Labute approximate surface area is 123 Å². The molecule has 1 spiro atoms. The third-order valence-corrected chi connectivity index (χ3v) is 6.12. The number of rotatable bonds is 2. The normalized spacial score (nSPS) is 31.0. The molecule has 2 N–H and O–H groups in total. The van der Waals surface area contributed by atoms with E-state index in [9.17, 15) is 8.42 Å². The van der Waals surface area contributed by atoms with Crippen molar-refractivity contribution in [2.75, 3.05) is 18.1 Å². The average Bonchev–Trinajstić information content (AvgIpc) is 2.96. The quantitative estimate of drug-likeness (QED) is 0.881. The van der Waals surface area contributed by atoms with Crippen molar-refractivity contribution in [2.24, 2.45) is 5.14 Å². The van der Waals surface area contributed by atoms with Crippen LogP contribution >= 0.6 is 11.8 Å². The number of imidazole rings is 1. The van der Waals surface area contributed by atoms with E-state index in [1.165, 1.54) is 0 Å². The molecule has 0 aromatic carbocycles. The maximum atomic E-state index is 11.4. The zero-order chi connectivity index (χ0) is 14.4. The summed E-state index contributed by atoms with van der Waals surface area (Å²) in [6.45, 7) is 2.54. The van der Waals surface area contributed by atoms with Gasteiger partial charge in [0.1, 0.15) is 5.82 Å². The molecule has 2 saturated heterocycles. The molecule has 0 amide bonds. The van der Waals surface area contributed by atoms with E-state index in [4.69, 9.17) is 9.88 Å². The Morgan fingerprint density at radius 1 is 1.60 bits per heavy atom. The molecular formula is C12H19N3O3S2. The number of hydrogen-bond donors (Lipinski definition) is 1. The smallest absolute Gasteiger partial charge is 0.257 e. The van der Waals surface area contributed by atoms with Crippen LogP contribution in [0.15, 0.2) is 11.2 Å². The first kappa shape index (κ1) is 14.4. The van der Waals surface area contributed by atoms with E-state index in [1.807, 2.05) is 23.3 Å². The maximum absolute atomic E-state index is 11.4. The van der Waals surface area contributed by atoms with Crippen molar-refractivity contribution in [3.8, 4) is 0 Å². The molecule has 2 atom stereocenters. The summed E-state index contributed by atoms with van der Waals surface area (Å²) in [6, 6.07) is 0.241. The van der Waals surface area contributed by atoms with Crippen molar-refractivity contribution >= 4 is 21.8 Å². The third kappa shape index (κ3) is 2.61. The highest BCUT2D eigenvalue weighted by Crippen LogP contribution is 2.42. The van der Waals surface area contributed by atoms with Crippen LogP contribution in [0.4, 0.5) is 0 Å². The summed E-state index contributed by atoms with van der Waals surface area (Å²) in [7, 11) is -3.74. The van der Waals surface area contributed by atoms with Gasteiger partial charge in [-0.2, -0.15) is 11.8 Å². The van der Waals surface area contributed by atoms with Gasteiger partial charge in [0.05, 0.1) is 5.60 Å². The van der Waals surface area contributed by atoms with Gasteiger partial charge in [0.15, 0.2) is 5.03 Å². The number of hydrogen-bond acceptors (Lipinski definition) is 5. The van der Waals surface area contributed by atoms with Gasteiger partial charge >= 0.3 is 0 Å². The summed E-state index contributed by atoms with van der Waals surface area (Å²) in [5.41, 5.74) is -0.0357. The summed E-state index contributed by atoms with van der Waals surface area (Å²) >= 11 is 1.92. The van der Waals surface area contributed by atoms with Gasteiger partial charge in [-0.1, -0.05) is 0 Å². The molecule has 2 aliphatic rings. The van der Waals surface area contributed by atoms with Crippen LogP contribution in [0.2, 0.25) is 0 Å².